The monoisotopic (exact) mass is 282 g/mol. The van der Waals surface area contributed by atoms with E-state index in [1.54, 1.807) is 0 Å². The van der Waals surface area contributed by atoms with Crippen LogP contribution in [0.5, 0.6) is 0 Å². The zero-order chi connectivity index (χ0) is 14.0. The van der Waals surface area contributed by atoms with Gasteiger partial charge in [0.25, 0.3) is 15.6 Å². The molecule has 2 rings (SSSR count). The molecule has 8 nitrogen and oxygen atoms in total. The van der Waals surface area contributed by atoms with Crippen molar-refractivity contribution in [3.8, 4) is 0 Å². The van der Waals surface area contributed by atoms with E-state index < -0.39 is 21.3 Å². The Labute approximate surface area is 107 Å². The maximum absolute atomic E-state index is 11.9. The van der Waals surface area contributed by atoms with E-state index >= 15 is 0 Å². The second-order valence-electron chi connectivity index (χ2n) is 3.68. The van der Waals surface area contributed by atoms with Crippen LogP contribution in [0.2, 0.25) is 0 Å². The lowest BCUT2D eigenvalue weighted by molar-refractivity contribution is 0.601. The molecule has 0 bridgehead atoms. The van der Waals surface area contributed by atoms with Gasteiger partial charge in [-0.15, -0.1) is 0 Å². The second kappa shape index (κ2) is 4.61. The molecule has 9 heteroatoms. The van der Waals surface area contributed by atoms with Crippen LogP contribution in [0.1, 0.15) is 0 Å². The number of nitrogens with one attached hydrogen (secondary N) is 3. The van der Waals surface area contributed by atoms with Crippen molar-refractivity contribution < 1.29 is 8.42 Å². The SMILES string of the molecule is Nc1ccc(S(=O)(=O)Nc2cc(=O)[nH]c(=O)[nH]2)cc1. The second-order valence-corrected chi connectivity index (χ2v) is 5.36. The van der Waals surface area contributed by atoms with Crippen molar-refractivity contribution in [3.05, 3.63) is 51.2 Å². The van der Waals surface area contributed by atoms with Gasteiger partial charge in [-0.1, -0.05) is 0 Å². The van der Waals surface area contributed by atoms with Crippen molar-refractivity contribution in [1.82, 2.24) is 9.97 Å². The third kappa shape index (κ3) is 3.01. The average molecular weight is 282 g/mol. The predicted molar refractivity (Wildman–Crippen MR) is 69.3 cm³/mol. The van der Waals surface area contributed by atoms with Gasteiger partial charge in [0, 0.05) is 11.8 Å². The van der Waals surface area contributed by atoms with Gasteiger partial charge in [0.15, 0.2) is 0 Å². The summed E-state index contributed by atoms with van der Waals surface area (Å²) in [6, 6.07) is 6.40. The van der Waals surface area contributed by atoms with E-state index in [4.69, 9.17) is 5.73 Å². The van der Waals surface area contributed by atoms with Gasteiger partial charge in [-0.25, -0.2) is 13.2 Å². The number of hydrogen-bond acceptors (Lipinski definition) is 5. The summed E-state index contributed by atoms with van der Waals surface area (Å²) in [5.74, 6) is -0.217. The Kier molecular flexibility index (Phi) is 3.13. The fraction of sp³-hybridized carbons (Fsp3) is 0. The van der Waals surface area contributed by atoms with Gasteiger partial charge in [-0.05, 0) is 24.3 Å². The zero-order valence-corrected chi connectivity index (χ0v) is 10.3. The molecule has 2 aromatic rings. The molecular formula is C10H10N4O4S. The van der Waals surface area contributed by atoms with Crippen LogP contribution in [0, 0.1) is 0 Å². The number of nitrogen functional groups attached to an aromatic ring is 1. The number of rotatable bonds is 3. The van der Waals surface area contributed by atoms with Crippen LogP contribution in [-0.2, 0) is 10.0 Å². The zero-order valence-electron chi connectivity index (χ0n) is 9.51. The number of aromatic nitrogens is 2. The summed E-state index contributed by atoms with van der Waals surface area (Å²) in [5.41, 5.74) is 4.36. The van der Waals surface area contributed by atoms with Crippen molar-refractivity contribution in [2.45, 2.75) is 4.90 Å². The first kappa shape index (κ1) is 12.9. The maximum atomic E-state index is 11.9. The van der Waals surface area contributed by atoms with Gasteiger partial charge >= 0.3 is 5.69 Å². The van der Waals surface area contributed by atoms with Crippen LogP contribution >= 0.6 is 0 Å². The van der Waals surface area contributed by atoms with Crippen LogP contribution in [0.3, 0.4) is 0 Å². The highest BCUT2D eigenvalue weighted by atomic mass is 32.2. The lowest BCUT2D eigenvalue weighted by Crippen LogP contribution is -2.24. The number of sulfonamides is 1. The first-order valence-electron chi connectivity index (χ1n) is 5.09. The van der Waals surface area contributed by atoms with Gasteiger partial charge in [0.1, 0.15) is 5.82 Å². The molecule has 0 unspecified atom stereocenters. The van der Waals surface area contributed by atoms with Crippen LogP contribution in [0.4, 0.5) is 11.5 Å². The minimum atomic E-state index is -3.89. The van der Waals surface area contributed by atoms with E-state index in [0.29, 0.717) is 5.69 Å². The van der Waals surface area contributed by atoms with Crippen molar-refractivity contribution in [1.29, 1.82) is 0 Å². The molecule has 0 saturated heterocycles. The summed E-state index contributed by atoms with van der Waals surface area (Å²) >= 11 is 0. The smallest absolute Gasteiger partial charge is 0.327 e. The Balaban J connectivity index is 2.38. The molecule has 0 radical (unpaired) electrons. The molecule has 1 aromatic heterocycles. The van der Waals surface area contributed by atoms with E-state index in [2.05, 4.69) is 9.71 Å². The predicted octanol–water partition coefficient (Wildman–Crippen LogP) is -0.554. The molecule has 19 heavy (non-hydrogen) atoms. The fourth-order valence-electron chi connectivity index (χ4n) is 1.37. The van der Waals surface area contributed by atoms with Gasteiger partial charge in [0.2, 0.25) is 0 Å². The van der Waals surface area contributed by atoms with Gasteiger partial charge < -0.3 is 5.73 Å². The van der Waals surface area contributed by atoms with Crippen LogP contribution in [-0.4, -0.2) is 18.4 Å². The largest absolute Gasteiger partial charge is 0.399 e. The normalized spacial score (nSPS) is 11.2. The molecular weight excluding hydrogens is 272 g/mol. The van der Waals surface area contributed by atoms with Crippen LogP contribution in [0.25, 0.3) is 0 Å². The van der Waals surface area contributed by atoms with Crippen molar-refractivity contribution in [2.24, 2.45) is 0 Å². The highest BCUT2D eigenvalue weighted by Crippen LogP contribution is 2.14. The van der Waals surface area contributed by atoms with E-state index in [1.165, 1.54) is 24.3 Å². The van der Waals surface area contributed by atoms with Gasteiger partial charge in [0.05, 0.1) is 4.90 Å². The lowest BCUT2D eigenvalue weighted by atomic mass is 10.3. The molecule has 0 atom stereocenters. The Morgan fingerprint density at radius 2 is 1.68 bits per heavy atom. The minimum absolute atomic E-state index is 0.0390. The number of benzene rings is 1. The summed E-state index contributed by atoms with van der Waals surface area (Å²) in [6.07, 6.45) is 0. The topological polar surface area (TPSA) is 138 Å². The Bertz CT molecular complexity index is 776. The minimum Gasteiger partial charge on any atom is -0.399 e. The summed E-state index contributed by atoms with van der Waals surface area (Å²) in [7, 11) is -3.89. The summed E-state index contributed by atoms with van der Waals surface area (Å²) < 4.78 is 26.0. The van der Waals surface area contributed by atoms with E-state index in [-0.39, 0.29) is 10.7 Å². The summed E-state index contributed by atoms with van der Waals surface area (Å²) in [5, 5.41) is 0. The molecule has 100 valence electrons. The number of H-pyrrole nitrogens is 2. The molecule has 1 aromatic carbocycles. The van der Waals surface area contributed by atoms with Crippen molar-refractivity contribution >= 4 is 21.5 Å². The number of nitrogens with two attached hydrogens (primary N) is 1. The standard InChI is InChI=1S/C10H10N4O4S/c11-6-1-3-7(4-2-6)19(17,18)14-8-5-9(15)13-10(16)12-8/h1-5H,11H2,(H3,12,13,14,15,16). The van der Waals surface area contributed by atoms with E-state index in [9.17, 15) is 18.0 Å². The van der Waals surface area contributed by atoms with Crippen LogP contribution < -0.4 is 21.7 Å². The van der Waals surface area contributed by atoms with Crippen molar-refractivity contribution in [2.75, 3.05) is 10.5 Å². The molecule has 5 N–H and O–H groups in total. The third-order valence-corrected chi connectivity index (χ3v) is 3.58. The summed E-state index contributed by atoms with van der Waals surface area (Å²) in [6.45, 7) is 0. The average Bonchev–Trinajstić information content (AvgIpc) is 2.27. The lowest BCUT2D eigenvalue weighted by Gasteiger charge is -2.07. The quantitative estimate of drug-likeness (QED) is 0.559. The Morgan fingerprint density at radius 3 is 2.26 bits per heavy atom. The number of anilines is 2. The fourth-order valence-corrected chi connectivity index (χ4v) is 2.39. The van der Waals surface area contributed by atoms with Gasteiger partial charge in [-0.3, -0.25) is 19.5 Å². The first-order valence-corrected chi connectivity index (χ1v) is 6.57. The highest BCUT2D eigenvalue weighted by molar-refractivity contribution is 7.92. The summed E-state index contributed by atoms with van der Waals surface area (Å²) in [4.78, 5) is 26.1. The molecule has 0 amide bonds. The first-order chi connectivity index (χ1) is 8.87. The number of hydrogen-bond donors (Lipinski definition) is 4. The Morgan fingerprint density at radius 1 is 1.05 bits per heavy atom. The van der Waals surface area contributed by atoms with Crippen molar-refractivity contribution in [3.63, 3.8) is 0 Å². The van der Waals surface area contributed by atoms with E-state index in [1.807, 2.05) is 4.98 Å². The third-order valence-electron chi connectivity index (χ3n) is 2.20. The molecule has 1 heterocycles. The molecule has 0 aliphatic rings. The van der Waals surface area contributed by atoms with Crippen LogP contribution in [0.15, 0.2) is 44.8 Å². The number of aromatic amines is 2. The highest BCUT2D eigenvalue weighted by Gasteiger charge is 2.14. The Hall–Kier alpha value is -2.55. The molecule has 0 saturated carbocycles. The molecule has 0 fully saturated rings. The van der Waals surface area contributed by atoms with E-state index in [0.717, 1.165) is 6.07 Å². The van der Waals surface area contributed by atoms with Gasteiger partial charge in [-0.2, -0.15) is 0 Å². The molecule has 0 aliphatic carbocycles. The molecule has 0 spiro atoms. The molecule has 0 aliphatic heterocycles. The maximum Gasteiger partial charge on any atom is 0.327 e.